The summed E-state index contributed by atoms with van der Waals surface area (Å²) in [7, 11) is 0. The minimum absolute atomic E-state index is 0.0475. The third-order valence-electron chi connectivity index (χ3n) is 6.01. The zero-order valence-corrected chi connectivity index (χ0v) is 23.4. The van der Waals surface area contributed by atoms with Crippen LogP contribution in [0, 0.1) is 12.3 Å². The Morgan fingerprint density at radius 3 is 2.42 bits per heavy atom. The van der Waals surface area contributed by atoms with Crippen molar-refractivity contribution in [3.05, 3.63) is 81.5 Å². The van der Waals surface area contributed by atoms with Gasteiger partial charge >= 0.3 is 6.36 Å². The summed E-state index contributed by atoms with van der Waals surface area (Å²) in [6.07, 6.45) is -3.27. The molecule has 7 nitrogen and oxygen atoms in total. The highest BCUT2D eigenvalue weighted by Crippen LogP contribution is 2.32. The molecule has 4 aromatic rings. The van der Waals surface area contributed by atoms with Crippen molar-refractivity contribution >= 4 is 51.6 Å². The average Bonchev–Trinajstić information content (AvgIpc) is 3.27. The lowest BCUT2D eigenvalue weighted by Crippen LogP contribution is -2.34. The number of alkyl halides is 3. The molecule has 4 rings (SSSR count). The second-order valence-electron chi connectivity index (χ2n) is 10.1. The number of nitrogens with zero attached hydrogens (tertiary/aromatic N) is 2. The fourth-order valence-corrected chi connectivity index (χ4v) is 4.59. The van der Waals surface area contributed by atoms with Gasteiger partial charge in [0.2, 0.25) is 5.91 Å². The molecule has 210 valence electrons. The summed E-state index contributed by atoms with van der Waals surface area (Å²) in [5.41, 5.74) is 2.02. The van der Waals surface area contributed by atoms with Crippen molar-refractivity contribution in [1.82, 2.24) is 15.1 Å². The van der Waals surface area contributed by atoms with Gasteiger partial charge in [-0.3, -0.25) is 9.59 Å². The van der Waals surface area contributed by atoms with Crippen molar-refractivity contribution < 1.29 is 27.5 Å². The molecule has 1 heterocycles. The maximum absolute atomic E-state index is 13.3. The topological polar surface area (TPSA) is 85.2 Å². The summed E-state index contributed by atoms with van der Waals surface area (Å²) in [5.74, 6) is -1.08. The zero-order valence-electron chi connectivity index (χ0n) is 21.9. The molecule has 0 fully saturated rings. The molecule has 2 amide bonds. The predicted octanol–water partition coefficient (Wildman–Crippen LogP) is 7.45. The number of hydrogen-bond donors (Lipinski definition) is 2. The molecular formula is C28H25Cl2F3N4O3. The Kier molecular flexibility index (Phi) is 8.05. The number of hydrogen-bond acceptors (Lipinski definition) is 4. The van der Waals surface area contributed by atoms with E-state index in [1.165, 1.54) is 30.5 Å². The van der Waals surface area contributed by atoms with Gasteiger partial charge < -0.3 is 15.4 Å². The van der Waals surface area contributed by atoms with Crippen molar-refractivity contribution in [3.8, 4) is 11.4 Å². The zero-order chi connectivity index (χ0) is 29.4. The Morgan fingerprint density at radius 2 is 1.77 bits per heavy atom. The Morgan fingerprint density at radius 1 is 1.05 bits per heavy atom. The maximum atomic E-state index is 13.3. The summed E-state index contributed by atoms with van der Waals surface area (Å²) in [4.78, 5) is 25.6. The molecule has 0 radical (unpaired) electrons. The minimum Gasteiger partial charge on any atom is -0.406 e. The first-order valence-electron chi connectivity index (χ1n) is 12.1. The van der Waals surface area contributed by atoms with E-state index in [1.807, 2.05) is 0 Å². The van der Waals surface area contributed by atoms with Crippen LogP contribution in [0.25, 0.3) is 16.6 Å². The van der Waals surface area contributed by atoms with E-state index in [-0.39, 0.29) is 33.8 Å². The highest BCUT2D eigenvalue weighted by atomic mass is 35.5. The van der Waals surface area contributed by atoms with Gasteiger partial charge in [-0.25, -0.2) is 4.68 Å². The Labute approximate surface area is 238 Å². The van der Waals surface area contributed by atoms with E-state index in [1.54, 1.807) is 56.6 Å². The summed E-state index contributed by atoms with van der Waals surface area (Å²) in [6.45, 7) is 7.10. The van der Waals surface area contributed by atoms with Crippen LogP contribution in [0.2, 0.25) is 10.0 Å². The predicted molar refractivity (Wildman–Crippen MR) is 148 cm³/mol. The molecule has 0 aliphatic heterocycles. The van der Waals surface area contributed by atoms with E-state index < -0.39 is 17.7 Å². The Balaban J connectivity index is 1.62. The van der Waals surface area contributed by atoms with Gasteiger partial charge in [-0.05, 0) is 54.4 Å². The number of carbonyl (C=O) groups excluding carboxylic acids is 2. The molecule has 1 aromatic heterocycles. The number of halogens is 5. The van der Waals surface area contributed by atoms with E-state index in [9.17, 15) is 22.8 Å². The number of fused-ring (bicyclic) bond motifs is 1. The second-order valence-corrected chi connectivity index (χ2v) is 10.9. The number of benzene rings is 3. The second kappa shape index (κ2) is 11.0. The third kappa shape index (κ3) is 6.34. The normalized spacial score (nSPS) is 11.9. The van der Waals surface area contributed by atoms with Gasteiger partial charge in [0.1, 0.15) is 5.75 Å². The maximum Gasteiger partial charge on any atom is 0.573 e. The van der Waals surface area contributed by atoms with Crippen LogP contribution in [0.4, 0.5) is 18.9 Å². The van der Waals surface area contributed by atoms with Crippen LogP contribution >= 0.6 is 23.2 Å². The molecular weight excluding hydrogens is 568 g/mol. The van der Waals surface area contributed by atoms with Crippen molar-refractivity contribution in [2.45, 2.75) is 40.6 Å². The summed E-state index contributed by atoms with van der Waals surface area (Å²) < 4.78 is 43.4. The number of carbonyl (C=O) groups is 2. The number of aromatic nitrogens is 2. The van der Waals surface area contributed by atoms with Crippen molar-refractivity contribution in [2.75, 3.05) is 5.32 Å². The van der Waals surface area contributed by atoms with Crippen LogP contribution in [0.3, 0.4) is 0 Å². The van der Waals surface area contributed by atoms with Gasteiger partial charge in [-0.15, -0.1) is 13.2 Å². The molecule has 0 spiro atoms. The van der Waals surface area contributed by atoms with Crippen LogP contribution in [-0.4, -0.2) is 28.0 Å². The van der Waals surface area contributed by atoms with Crippen LogP contribution in [0.5, 0.6) is 5.75 Å². The molecule has 0 atom stereocenters. The summed E-state index contributed by atoms with van der Waals surface area (Å²) in [5, 5.41) is 10.8. The number of amides is 2. The molecule has 0 saturated carbocycles. The molecule has 0 aliphatic rings. The smallest absolute Gasteiger partial charge is 0.406 e. The molecule has 40 heavy (non-hydrogen) atoms. The van der Waals surface area contributed by atoms with Crippen LogP contribution in [0.15, 0.2) is 54.7 Å². The number of rotatable bonds is 6. The molecule has 0 unspecified atom stereocenters. The van der Waals surface area contributed by atoms with Crippen molar-refractivity contribution in [1.29, 1.82) is 0 Å². The fourth-order valence-electron chi connectivity index (χ4n) is 3.98. The summed E-state index contributed by atoms with van der Waals surface area (Å²) >= 11 is 12.9. The quantitative estimate of drug-likeness (QED) is 0.243. The Bertz CT molecular complexity index is 1610. The van der Waals surface area contributed by atoms with E-state index >= 15 is 0 Å². The summed E-state index contributed by atoms with van der Waals surface area (Å²) in [6, 6.07) is 12.3. The van der Waals surface area contributed by atoms with Gasteiger partial charge in [0.25, 0.3) is 5.91 Å². The van der Waals surface area contributed by atoms with Gasteiger partial charge in [-0.1, -0.05) is 56.1 Å². The fraction of sp³-hybridized carbons (Fsp3) is 0.250. The highest BCUT2D eigenvalue weighted by molar-refractivity contribution is 6.41. The first-order chi connectivity index (χ1) is 18.7. The number of ether oxygens (including phenoxy) is 1. The first kappa shape index (κ1) is 29.2. The molecule has 0 aliphatic carbocycles. The average molecular weight is 593 g/mol. The van der Waals surface area contributed by atoms with Crippen LogP contribution in [-0.2, 0) is 11.3 Å². The molecule has 0 bridgehead atoms. The van der Waals surface area contributed by atoms with Gasteiger partial charge in [0.15, 0.2) is 0 Å². The van der Waals surface area contributed by atoms with Gasteiger partial charge in [0, 0.05) is 17.3 Å². The van der Waals surface area contributed by atoms with Crippen molar-refractivity contribution in [2.24, 2.45) is 5.41 Å². The SMILES string of the molecule is Cc1cc(OC(F)(F)F)ccc1-n1ncc2c(NC(=O)c3c(Cl)ccc(CNC(=O)C(C)(C)C)c3Cl)cccc21. The van der Waals surface area contributed by atoms with Crippen LogP contribution in [0.1, 0.15) is 42.3 Å². The third-order valence-corrected chi connectivity index (χ3v) is 6.76. The Hall–Kier alpha value is -3.76. The monoisotopic (exact) mass is 592 g/mol. The van der Waals surface area contributed by atoms with Gasteiger partial charge in [0.05, 0.1) is 38.7 Å². The standard InChI is InChI=1S/C28H25Cl2F3N4O3/c1-15-12-17(40-28(31,32)33)9-11-21(15)37-22-7-5-6-20(18(22)14-35-37)36-25(38)23-19(29)10-8-16(24(23)30)13-34-26(39)27(2,3)4/h5-12,14H,13H2,1-4H3,(H,34,39)(H,36,38). The first-order valence-corrected chi connectivity index (χ1v) is 12.8. The molecule has 3 aromatic carbocycles. The lowest BCUT2D eigenvalue weighted by atomic mass is 9.95. The van der Waals surface area contributed by atoms with Crippen LogP contribution < -0.4 is 15.4 Å². The van der Waals surface area contributed by atoms with E-state index in [0.717, 1.165) is 0 Å². The molecule has 2 N–H and O–H groups in total. The molecule has 0 saturated heterocycles. The lowest BCUT2D eigenvalue weighted by Gasteiger charge is -2.18. The highest BCUT2D eigenvalue weighted by Gasteiger charge is 2.31. The van der Waals surface area contributed by atoms with E-state index in [0.29, 0.717) is 33.4 Å². The number of aryl methyl sites for hydroxylation is 1. The minimum atomic E-state index is -4.80. The van der Waals surface area contributed by atoms with Gasteiger partial charge in [-0.2, -0.15) is 5.10 Å². The lowest BCUT2D eigenvalue weighted by molar-refractivity contribution is -0.274. The van der Waals surface area contributed by atoms with E-state index in [2.05, 4.69) is 20.5 Å². The number of nitrogens with one attached hydrogen (secondary N) is 2. The van der Waals surface area contributed by atoms with Crippen molar-refractivity contribution in [3.63, 3.8) is 0 Å². The largest absolute Gasteiger partial charge is 0.573 e. The van der Waals surface area contributed by atoms with E-state index in [4.69, 9.17) is 23.2 Å². The molecule has 12 heteroatoms. The number of anilines is 1.